The Morgan fingerprint density at radius 3 is 1.95 bits per heavy atom. The fourth-order valence-corrected chi connectivity index (χ4v) is 4.48. The first-order valence-electron chi connectivity index (χ1n) is 7.51. The molecular weight excluding hydrogens is 278 g/mol. The van der Waals surface area contributed by atoms with Crippen molar-refractivity contribution in [1.82, 2.24) is 4.90 Å². The van der Waals surface area contributed by atoms with Gasteiger partial charge in [0.25, 0.3) is 0 Å². The highest BCUT2D eigenvalue weighted by Gasteiger charge is 2.45. The zero-order valence-corrected chi connectivity index (χ0v) is 16.1. The Balaban J connectivity index is 5.56. The lowest BCUT2D eigenvalue weighted by Crippen LogP contribution is -2.59. The number of nitrogens with zero attached hydrogens (tertiary/aromatic N) is 1. The first kappa shape index (κ1) is 20.0. The van der Waals surface area contributed by atoms with E-state index < -0.39 is 13.7 Å². The molecule has 1 amide bonds. The predicted molar refractivity (Wildman–Crippen MR) is 94.3 cm³/mol. The van der Waals surface area contributed by atoms with Crippen molar-refractivity contribution in [3.8, 4) is 0 Å². The molecule has 0 rings (SSSR count). The second kappa shape index (κ2) is 6.82. The van der Waals surface area contributed by atoms with Crippen LogP contribution in [-0.4, -0.2) is 36.9 Å². The van der Waals surface area contributed by atoms with Gasteiger partial charge in [-0.05, 0) is 25.8 Å². The minimum absolute atomic E-state index is 0.00495. The van der Waals surface area contributed by atoms with Gasteiger partial charge in [-0.3, -0.25) is 0 Å². The lowest BCUT2D eigenvalue weighted by Gasteiger charge is -2.46. The number of amides is 1. The van der Waals surface area contributed by atoms with Crippen LogP contribution in [0.15, 0.2) is 25.3 Å². The van der Waals surface area contributed by atoms with Gasteiger partial charge in [-0.15, -0.1) is 13.2 Å². The molecule has 0 spiro atoms. The van der Waals surface area contributed by atoms with E-state index in [1.54, 1.807) is 11.0 Å². The molecule has 0 bridgehead atoms. The molecule has 21 heavy (non-hydrogen) atoms. The number of rotatable bonds is 5. The third-order valence-corrected chi connectivity index (χ3v) is 10.1. The van der Waals surface area contributed by atoms with Crippen LogP contribution >= 0.6 is 0 Å². The summed E-state index contributed by atoms with van der Waals surface area (Å²) in [7, 11) is -1.81. The summed E-state index contributed by atoms with van der Waals surface area (Å²) in [4.78, 5) is 14.3. The molecule has 1 atom stereocenters. The summed E-state index contributed by atoms with van der Waals surface area (Å²) in [5, 5.41) is 0.146. The third-order valence-electron chi connectivity index (χ3n) is 4.19. The lowest BCUT2D eigenvalue weighted by atomic mass is 10.2. The molecule has 0 unspecified atom stereocenters. The minimum Gasteiger partial charge on any atom is -0.444 e. The number of carbonyl (C=O) groups excluding carboxylic acids is 1. The Bertz CT molecular complexity index is 389. The Morgan fingerprint density at radius 1 is 1.19 bits per heavy atom. The summed E-state index contributed by atoms with van der Waals surface area (Å²) >= 11 is 0. The van der Waals surface area contributed by atoms with Crippen molar-refractivity contribution in [2.24, 2.45) is 0 Å². The van der Waals surface area contributed by atoms with Gasteiger partial charge in [-0.2, -0.15) is 0 Å². The molecule has 0 aromatic heterocycles. The van der Waals surface area contributed by atoms with Gasteiger partial charge in [-0.25, -0.2) is 4.79 Å². The van der Waals surface area contributed by atoms with Crippen LogP contribution in [0.4, 0.5) is 4.79 Å². The molecule has 0 aromatic carbocycles. The number of hydrogen-bond acceptors (Lipinski definition) is 2. The first-order chi connectivity index (χ1) is 9.28. The molecule has 0 saturated heterocycles. The quantitative estimate of drug-likeness (QED) is 0.527. The molecule has 0 aliphatic heterocycles. The molecule has 0 aromatic rings. The molecule has 0 aliphatic rings. The Morgan fingerprint density at radius 2 is 1.67 bits per heavy atom. The van der Waals surface area contributed by atoms with Gasteiger partial charge in [0, 0.05) is 12.2 Å². The maximum Gasteiger partial charge on any atom is 0.410 e. The first-order valence-corrected chi connectivity index (χ1v) is 10.6. The van der Waals surface area contributed by atoms with E-state index in [4.69, 9.17) is 4.74 Å². The molecular formula is C17H33NO2Si. The topological polar surface area (TPSA) is 29.5 Å². The fraction of sp³-hybridized carbons (Fsp3) is 0.706. The highest BCUT2D eigenvalue weighted by Crippen LogP contribution is 2.40. The SMILES string of the molecule is C=CCN(C(=O)OC(C)(C)C)[C@H](C=C)[Si](C)(C)C(C)(C)C. The van der Waals surface area contributed by atoms with Crippen molar-refractivity contribution >= 4 is 14.2 Å². The third kappa shape index (κ3) is 5.34. The van der Waals surface area contributed by atoms with Crippen molar-refractivity contribution < 1.29 is 9.53 Å². The smallest absolute Gasteiger partial charge is 0.410 e. The van der Waals surface area contributed by atoms with Crippen LogP contribution in [0, 0.1) is 0 Å². The largest absolute Gasteiger partial charge is 0.444 e. The molecule has 3 nitrogen and oxygen atoms in total. The van der Waals surface area contributed by atoms with Gasteiger partial charge in [0.1, 0.15) is 5.60 Å². The molecule has 0 aliphatic carbocycles. The molecule has 4 heteroatoms. The summed E-state index contributed by atoms with van der Waals surface area (Å²) in [6.07, 6.45) is 3.34. The monoisotopic (exact) mass is 311 g/mol. The van der Waals surface area contributed by atoms with Crippen LogP contribution in [0.25, 0.3) is 0 Å². The normalized spacial score (nSPS) is 14.3. The van der Waals surface area contributed by atoms with E-state index >= 15 is 0 Å². The van der Waals surface area contributed by atoms with Crippen molar-refractivity contribution in [3.63, 3.8) is 0 Å². The maximum atomic E-state index is 12.6. The maximum absolute atomic E-state index is 12.6. The van der Waals surface area contributed by atoms with Crippen molar-refractivity contribution in [1.29, 1.82) is 0 Å². The summed E-state index contributed by atoms with van der Waals surface area (Å²) in [5.74, 6) is 0. The van der Waals surface area contributed by atoms with Crippen molar-refractivity contribution in [2.75, 3.05) is 6.54 Å². The average molecular weight is 312 g/mol. The van der Waals surface area contributed by atoms with Crippen LogP contribution in [0.2, 0.25) is 18.1 Å². The van der Waals surface area contributed by atoms with Gasteiger partial charge >= 0.3 is 6.09 Å². The molecule has 0 heterocycles. The summed E-state index contributed by atoms with van der Waals surface area (Å²) in [5.41, 5.74) is -0.499. The van der Waals surface area contributed by atoms with Gasteiger partial charge in [0.2, 0.25) is 0 Å². The van der Waals surface area contributed by atoms with Crippen LogP contribution < -0.4 is 0 Å². The Kier molecular flexibility index (Phi) is 6.48. The Labute approximate surface area is 132 Å². The summed E-state index contributed by atoms with van der Waals surface area (Å²) in [6, 6.07) is 0. The van der Waals surface area contributed by atoms with Gasteiger partial charge < -0.3 is 9.64 Å². The van der Waals surface area contributed by atoms with E-state index in [9.17, 15) is 4.79 Å². The molecule has 0 saturated carbocycles. The zero-order valence-electron chi connectivity index (χ0n) is 15.1. The standard InChI is InChI=1S/C17H33NO2Si/c1-11-13-18(15(19)20-16(3,4)5)14(12-2)21(9,10)17(6,7)8/h11-12,14H,1-2,13H2,3-10H3/t14-/m0/s1. The van der Waals surface area contributed by atoms with Crippen LogP contribution in [0.5, 0.6) is 0 Å². The van der Waals surface area contributed by atoms with E-state index in [1.165, 1.54) is 0 Å². The van der Waals surface area contributed by atoms with E-state index in [0.29, 0.717) is 6.54 Å². The highest BCUT2D eigenvalue weighted by molar-refractivity contribution is 6.82. The molecule has 0 N–H and O–H groups in total. The van der Waals surface area contributed by atoms with Crippen LogP contribution in [0.1, 0.15) is 41.5 Å². The molecule has 0 fully saturated rings. The van der Waals surface area contributed by atoms with Gasteiger partial charge in [0.05, 0.1) is 8.07 Å². The number of carbonyl (C=O) groups is 1. The Hall–Kier alpha value is -1.03. The minimum atomic E-state index is -1.81. The second-order valence-electron chi connectivity index (χ2n) is 8.07. The van der Waals surface area contributed by atoms with Gasteiger partial charge in [-0.1, -0.05) is 46.0 Å². The van der Waals surface area contributed by atoms with E-state index in [2.05, 4.69) is 47.0 Å². The molecule has 122 valence electrons. The summed E-state index contributed by atoms with van der Waals surface area (Å²) in [6.45, 7) is 25.1. The van der Waals surface area contributed by atoms with E-state index in [1.807, 2.05) is 26.8 Å². The van der Waals surface area contributed by atoms with Crippen molar-refractivity contribution in [3.05, 3.63) is 25.3 Å². The van der Waals surface area contributed by atoms with E-state index in [-0.39, 0.29) is 16.8 Å². The second-order valence-corrected chi connectivity index (χ2v) is 13.6. The highest BCUT2D eigenvalue weighted by atomic mass is 28.3. The average Bonchev–Trinajstić information content (AvgIpc) is 2.24. The number of hydrogen-bond donors (Lipinski definition) is 0. The zero-order chi connectivity index (χ0) is 17.1. The summed E-state index contributed by atoms with van der Waals surface area (Å²) < 4.78 is 5.56. The number of ether oxygens (including phenoxy) is 1. The fourth-order valence-electron chi connectivity index (χ4n) is 2.02. The van der Waals surface area contributed by atoms with Gasteiger partial charge in [0.15, 0.2) is 0 Å². The van der Waals surface area contributed by atoms with Crippen LogP contribution in [0.3, 0.4) is 0 Å². The van der Waals surface area contributed by atoms with Crippen molar-refractivity contribution in [2.45, 2.75) is 70.9 Å². The lowest BCUT2D eigenvalue weighted by molar-refractivity contribution is 0.0262. The molecule has 0 radical (unpaired) electrons. The predicted octanol–water partition coefficient (Wildman–Crippen LogP) is 5.01. The van der Waals surface area contributed by atoms with Crippen LogP contribution in [-0.2, 0) is 4.74 Å². The van der Waals surface area contributed by atoms with E-state index in [0.717, 1.165) is 0 Å².